The van der Waals surface area contributed by atoms with Gasteiger partial charge in [-0.05, 0) is 31.4 Å². The number of carbonyl (C=O) groups is 2. The van der Waals surface area contributed by atoms with Gasteiger partial charge in [-0.3, -0.25) is 9.59 Å². The van der Waals surface area contributed by atoms with Gasteiger partial charge < -0.3 is 19.5 Å². The van der Waals surface area contributed by atoms with Crippen molar-refractivity contribution in [2.45, 2.75) is 25.3 Å². The van der Waals surface area contributed by atoms with E-state index in [0.29, 0.717) is 23.5 Å². The maximum absolute atomic E-state index is 12.7. The summed E-state index contributed by atoms with van der Waals surface area (Å²) in [5.41, 5.74) is 1.17. The Hall–Kier alpha value is -2.50. The van der Waals surface area contributed by atoms with Crippen molar-refractivity contribution >= 4 is 11.9 Å². The van der Waals surface area contributed by atoms with Crippen molar-refractivity contribution in [1.82, 2.24) is 4.90 Å². The monoisotopic (exact) mass is 319 g/mol. The van der Waals surface area contributed by atoms with E-state index in [1.54, 1.807) is 18.2 Å². The quantitative estimate of drug-likeness (QED) is 0.743. The molecule has 1 aromatic rings. The number of carboxylic acids is 1. The summed E-state index contributed by atoms with van der Waals surface area (Å²) < 4.78 is 10.7. The average Bonchev–Trinajstić information content (AvgIpc) is 3.36. The van der Waals surface area contributed by atoms with Crippen LogP contribution in [0.2, 0.25) is 0 Å². The third-order valence-electron chi connectivity index (χ3n) is 3.72. The van der Waals surface area contributed by atoms with Crippen LogP contribution in [0.3, 0.4) is 0 Å². The third kappa shape index (κ3) is 3.83. The van der Waals surface area contributed by atoms with Gasteiger partial charge in [-0.25, -0.2) is 0 Å². The molecule has 0 bridgehead atoms. The fourth-order valence-electron chi connectivity index (χ4n) is 2.54. The molecule has 1 aliphatic rings. The van der Waals surface area contributed by atoms with Gasteiger partial charge in [0.2, 0.25) is 0 Å². The molecule has 1 amide bonds. The lowest BCUT2D eigenvalue weighted by Crippen LogP contribution is -2.37. The summed E-state index contributed by atoms with van der Waals surface area (Å²) in [5, 5.41) is 9.03. The molecule has 0 unspecified atom stereocenters. The molecule has 6 heteroatoms. The SMILES string of the molecule is C=CCc1cc(C(=O)N(CC(=O)O)C2CC2)cc(OC)c1OC. The fraction of sp³-hybridized carbons (Fsp3) is 0.412. The van der Waals surface area contributed by atoms with Crippen LogP contribution < -0.4 is 9.47 Å². The number of amides is 1. The first-order valence-corrected chi connectivity index (χ1v) is 7.40. The van der Waals surface area contributed by atoms with Gasteiger partial charge in [0, 0.05) is 17.2 Å². The van der Waals surface area contributed by atoms with E-state index < -0.39 is 5.97 Å². The van der Waals surface area contributed by atoms with Crippen LogP contribution in [0.5, 0.6) is 11.5 Å². The van der Waals surface area contributed by atoms with Crippen molar-refractivity contribution in [3.05, 3.63) is 35.9 Å². The third-order valence-corrected chi connectivity index (χ3v) is 3.72. The van der Waals surface area contributed by atoms with Crippen molar-refractivity contribution < 1.29 is 24.2 Å². The molecule has 1 aliphatic carbocycles. The van der Waals surface area contributed by atoms with E-state index in [4.69, 9.17) is 14.6 Å². The second-order valence-electron chi connectivity index (χ2n) is 5.42. The number of ether oxygens (including phenoxy) is 2. The fourth-order valence-corrected chi connectivity index (χ4v) is 2.54. The van der Waals surface area contributed by atoms with Gasteiger partial charge in [-0.2, -0.15) is 0 Å². The van der Waals surface area contributed by atoms with Gasteiger partial charge in [-0.15, -0.1) is 6.58 Å². The first kappa shape index (κ1) is 16.9. The number of allylic oxidation sites excluding steroid dienone is 1. The predicted molar refractivity (Wildman–Crippen MR) is 85.1 cm³/mol. The summed E-state index contributed by atoms with van der Waals surface area (Å²) in [5.74, 6) is -0.320. The lowest BCUT2D eigenvalue weighted by Gasteiger charge is -2.21. The summed E-state index contributed by atoms with van der Waals surface area (Å²) in [6, 6.07) is 3.31. The number of carboxylic acid groups (broad SMARTS) is 1. The van der Waals surface area contributed by atoms with Gasteiger partial charge in [0.25, 0.3) is 5.91 Å². The molecule has 23 heavy (non-hydrogen) atoms. The topological polar surface area (TPSA) is 76.1 Å². The molecule has 0 aliphatic heterocycles. The molecule has 0 radical (unpaired) electrons. The molecule has 0 atom stereocenters. The van der Waals surface area contributed by atoms with E-state index in [0.717, 1.165) is 18.4 Å². The summed E-state index contributed by atoms with van der Waals surface area (Å²) in [6.45, 7) is 3.41. The Kier molecular flexibility index (Phi) is 5.26. The number of nitrogens with zero attached hydrogens (tertiary/aromatic N) is 1. The zero-order valence-corrected chi connectivity index (χ0v) is 13.4. The summed E-state index contributed by atoms with van der Waals surface area (Å²) in [7, 11) is 3.03. The van der Waals surface area contributed by atoms with Crippen molar-refractivity contribution in [2.24, 2.45) is 0 Å². The van der Waals surface area contributed by atoms with Crippen LogP contribution >= 0.6 is 0 Å². The number of carbonyl (C=O) groups excluding carboxylic acids is 1. The van der Waals surface area contributed by atoms with Gasteiger partial charge in [0.1, 0.15) is 6.54 Å². The lowest BCUT2D eigenvalue weighted by atomic mass is 10.0. The van der Waals surface area contributed by atoms with E-state index in [2.05, 4.69) is 6.58 Å². The number of methoxy groups -OCH3 is 2. The first-order chi connectivity index (χ1) is 11.0. The number of aliphatic carboxylic acids is 1. The molecule has 124 valence electrons. The zero-order valence-electron chi connectivity index (χ0n) is 13.4. The van der Waals surface area contributed by atoms with Crippen LogP contribution in [-0.2, 0) is 11.2 Å². The van der Waals surface area contributed by atoms with Crippen LogP contribution in [0.15, 0.2) is 24.8 Å². The van der Waals surface area contributed by atoms with E-state index in [-0.39, 0.29) is 18.5 Å². The van der Waals surface area contributed by atoms with Crippen molar-refractivity contribution in [1.29, 1.82) is 0 Å². The maximum Gasteiger partial charge on any atom is 0.323 e. The smallest absolute Gasteiger partial charge is 0.323 e. The number of benzene rings is 1. The number of hydrogen-bond acceptors (Lipinski definition) is 4. The Labute approximate surface area is 135 Å². The highest BCUT2D eigenvalue weighted by atomic mass is 16.5. The van der Waals surface area contributed by atoms with Gasteiger partial charge in [-0.1, -0.05) is 6.08 Å². The molecule has 6 nitrogen and oxygen atoms in total. The summed E-state index contributed by atoms with van der Waals surface area (Å²) in [6.07, 6.45) is 3.90. The maximum atomic E-state index is 12.7. The molecule has 1 aromatic carbocycles. The standard InChI is InChI=1S/C17H21NO5/c1-4-5-11-8-12(9-14(22-2)16(11)23-3)17(21)18(10-15(19)20)13-6-7-13/h4,8-9,13H,1,5-7,10H2,2-3H3,(H,19,20). The minimum Gasteiger partial charge on any atom is -0.493 e. The summed E-state index contributed by atoms with van der Waals surface area (Å²) in [4.78, 5) is 25.1. The Morgan fingerprint density at radius 1 is 1.35 bits per heavy atom. The minimum atomic E-state index is -1.02. The second-order valence-corrected chi connectivity index (χ2v) is 5.42. The molecule has 2 rings (SSSR count). The Morgan fingerprint density at radius 3 is 2.52 bits per heavy atom. The van der Waals surface area contributed by atoms with Gasteiger partial charge in [0.05, 0.1) is 14.2 Å². The van der Waals surface area contributed by atoms with Crippen LogP contribution in [0.4, 0.5) is 0 Å². The average molecular weight is 319 g/mol. The molecule has 1 saturated carbocycles. The second kappa shape index (κ2) is 7.17. The highest BCUT2D eigenvalue weighted by Gasteiger charge is 2.34. The zero-order chi connectivity index (χ0) is 17.0. The molecular weight excluding hydrogens is 298 g/mol. The number of rotatable bonds is 8. The molecule has 1 fully saturated rings. The first-order valence-electron chi connectivity index (χ1n) is 7.40. The predicted octanol–water partition coefficient (Wildman–Crippen LogP) is 2.12. The van der Waals surface area contributed by atoms with E-state index in [9.17, 15) is 9.59 Å². The van der Waals surface area contributed by atoms with Gasteiger partial charge in [0.15, 0.2) is 11.5 Å². The Balaban J connectivity index is 2.40. The highest BCUT2D eigenvalue weighted by Crippen LogP contribution is 2.35. The molecule has 0 spiro atoms. The Morgan fingerprint density at radius 2 is 2.04 bits per heavy atom. The van der Waals surface area contributed by atoms with Crippen LogP contribution in [-0.4, -0.2) is 48.7 Å². The van der Waals surface area contributed by atoms with E-state index in [1.165, 1.54) is 19.1 Å². The van der Waals surface area contributed by atoms with Crippen LogP contribution in [0.1, 0.15) is 28.8 Å². The van der Waals surface area contributed by atoms with Crippen molar-refractivity contribution in [3.8, 4) is 11.5 Å². The van der Waals surface area contributed by atoms with Gasteiger partial charge >= 0.3 is 5.97 Å². The van der Waals surface area contributed by atoms with Crippen molar-refractivity contribution in [2.75, 3.05) is 20.8 Å². The normalized spacial score (nSPS) is 13.3. The van der Waals surface area contributed by atoms with E-state index in [1.807, 2.05) is 0 Å². The highest BCUT2D eigenvalue weighted by molar-refractivity contribution is 5.97. The van der Waals surface area contributed by atoms with Crippen molar-refractivity contribution in [3.63, 3.8) is 0 Å². The molecule has 0 aromatic heterocycles. The van der Waals surface area contributed by atoms with Crippen LogP contribution in [0.25, 0.3) is 0 Å². The van der Waals surface area contributed by atoms with Crippen LogP contribution in [0, 0.1) is 0 Å². The minimum absolute atomic E-state index is 0.00884. The van der Waals surface area contributed by atoms with E-state index >= 15 is 0 Å². The largest absolute Gasteiger partial charge is 0.493 e. The molecular formula is C17H21NO5. The molecule has 1 N–H and O–H groups in total. The lowest BCUT2D eigenvalue weighted by molar-refractivity contribution is -0.137. The Bertz CT molecular complexity index is 622. The molecule has 0 saturated heterocycles. The molecule has 0 heterocycles. The summed E-state index contributed by atoms with van der Waals surface area (Å²) >= 11 is 0. The number of hydrogen-bond donors (Lipinski definition) is 1.